The topological polar surface area (TPSA) is 40.1 Å². The first-order valence-corrected chi connectivity index (χ1v) is 4.06. The predicted molar refractivity (Wildman–Crippen MR) is 37.2 cm³/mol. The van der Waals surface area contributed by atoms with Gasteiger partial charge in [0.1, 0.15) is 0 Å². The maximum atomic E-state index is 10.4. The first-order chi connectivity index (χ1) is 4.06. The SMILES string of the molecule is CC[C@](C)(SC)C(=O)[O-]. The van der Waals surface area contributed by atoms with E-state index in [0.29, 0.717) is 6.42 Å². The second-order valence-corrected chi connectivity index (χ2v) is 3.39. The molecular formula is C6H11O2S-. The van der Waals surface area contributed by atoms with E-state index in [1.807, 2.05) is 6.92 Å². The van der Waals surface area contributed by atoms with Crippen LogP contribution in [0.3, 0.4) is 0 Å². The van der Waals surface area contributed by atoms with Crippen LogP contribution in [0, 0.1) is 0 Å². The first-order valence-electron chi connectivity index (χ1n) is 2.83. The Hall–Kier alpha value is -0.180. The average Bonchev–Trinajstić information content (AvgIpc) is 1.86. The Kier molecular flexibility index (Phi) is 3.04. The van der Waals surface area contributed by atoms with E-state index in [2.05, 4.69) is 0 Å². The van der Waals surface area contributed by atoms with Gasteiger partial charge in [0, 0.05) is 0 Å². The normalized spacial score (nSPS) is 16.8. The Morgan fingerprint density at radius 3 is 2.22 bits per heavy atom. The number of hydrogen-bond acceptors (Lipinski definition) is 3. The maximum Gasteiger partial charge on any atom is 0.0572 e. The summed E-state index contributed by atoms with van der Waals surface area (Å²) in [5.41, 5.74) is 0. The van der Waals surface area contributed by atoms with Gasteiger partial charge in [-0.05, 0) is 19.6 Å². The average molecular weight is 147 g/mol. The highest BCUT2D eigenvalue weighted by atomic mass is 32.2. The molecule has 0 aromatic carbocycles. The van der Waals surface area contributed by atoms with E-state index in [4.69, 9.17) is 0 Å². The summed E-state index contributed by atoms with van der Waals surface area (Å²) in [5, 5.41) is 10.4. The van der Waals surface area contributed by atoms with Crippen LogP contribution in [0.25, 0.3) is 0 Å². The number of thioether (sulfide) groups is 1. The van der Waals surface area contributed by atoms with Crippen molar-refractivity contribution in [2.24, 2.45) is 0 Å². The minimum Gasteiger partial charge on any atom is -0.549 e. The number of hydrogen-bond donors (Lipinski definition) is 0. The van der Waals surface area contributed by atoms with E-state index in [1.165, 1.54) is 11.8 Å². The van der Waals surface area contributed by atoms with Crippen molar-refractivity contribution in [2.45, 2.75) is 25.0 Å². The summed E-state index contributed by atoms with van der Waals surface area (Å²) in [4.78, 5) is 10.4. The molecule has 0 unspecified atom stereocenters. The maximum absolute atomic E-state index is 10.4. The molecule has 0 spiro atoms. The van der Waals surface area contributed by atoms with Gasteiger partial charge in [0.25, 0.3) is 0 Å². The molecule has 0 aliphatic heterocycles. The zero-order chi connectivity index (χ0) is 7.49. The van der Waals surface area contributed by atoms with Crippen LogP contribution in [-0.2, 0) is 4.79 Å². The van der Waals surface area contributed by atoms with Gasteiger partial charge in [-0.3, -0.25) is 0 Å². The zero-order valence-corrected chi connectivity index (χ0v) is 6.75. The lowest BCUT2D eigenvalue weighted by atomic mass is 10.1. The Morgan fingerprint density at radius 2 is 2.22 bits per heavy atom. The van der Waals surface area contributed by atoms with E-state index in [1.54, 1.807) is 13.2 Å². The van der Waals surface area contributed by atoms with Crippen LogP contribution < -0.4 is 5.11 Å². The Balaban J connectivity index is 4.09. The van der Waals surface area contributed by atoms with Crippen molar-refractivity contribution < 1.29 is 9.90 Å². The lowest BCUT2D eigenvalue weighted by molar-refractivity contribution is -0.308. The molecule has 0 fully saturated rings. The lowest BCUT2D eigenvalue weighted by Gasteiger charge is -2.26. The van der Waals surface area contributed by atoms with Crippen molar-refractivity contribution in [2.75, 3.05) is 6.26 Å². The number of aliphatic carboxylic acids is 1. The molecule has 0 bridgehead atoms. The van der Waals surface area contributed by atoms with Gasteiger partial charge in [-0.2, -0.15) is 11.8 Å². The van der Waals surface area contributed by atoms with Crippen LogP contribution in [0.15, 0.2) is 0 Å². The van der Waals surface area contributed by atoms with Gasteiger partial charge >= 0.3 is 0 Å². The van der Waals surface area contributed by atoms with Crippen LogP contribution >= 0.6 is 11.8 Å². The fraction of sp³-hybridized carbons (Fsp3) is 0.833. The van der Waals surface area contributed by atoms with Gasteiger partial charge < -0.3 is 9.90 Å². The van der Waals surface area contributed by atoms with E-state index in [-0.39, 0.29) is 0 Å². The summed E-state index contributed by atoms with van der Waals surface area (Å²) in [6, 6.07) is 0. The summed E-state index contributed by atoms with van der Waals surface area (Å²) in [5.74, 6) is -0.975. The van der Waals surface area contributed by atoms with Gasteiger partial charge in [-0.15, -0.1) is 0 Å². The van der Waals surface area contributed by atoms with E-state index in [9.17, 15) is 9.90 Å². The third-order valence-corrected chi connectivity index (χ3v) is 2.91. The summed E-state index contributed by atoms with van der Waals surface area (Å²) in [6.45, 7) is 3.51. The Labute approximate surface area is 59.6 Å². The molecule has 0 aliphatic rings. The van der Waals surface area contributed by atoms with Gasteiger partial charge in [0.15, 0.2) is 0 Å². The lowest BCUT2D eigenvalue weighted by Crippen LogP contribution is -2.42. The highest BCUT2D eigenvalue weighted by Crippen LogP contribution is 2.24. The molecule has 0 aliphatic carbocycles. The summed E-state index contributed by atoms with van der Waals surface area (Å²) >= 11 is 1.32. The number of carbonyl (C=O) groups is 1. The molecule has 0 aromatic heterocycles. The van der Waals surface area contributed by atoms with Crippen LogP contribution in [0.5, 0.6) is 0 Å². The molecular weight excluding hydrogens is 136 g/mol. The second kappa shape index (κ2) is 3.11. The van der Waals surface area contributed by atoms with Crippen molar-refractivity contribution in [3.63, 3.8) is 0 Å². The Bertz CT molecular complexity index is 108. The number of carboxylic acid groups (broad SMARTS) is 1. The van der Waals surface area contributed by atoms with Crippen LogP contribution in [0.2, 0.25) is 0 Å². The zero-order valence-electron chi connectivity index (χ0n) is 5.93. The molecule has 0 aromatic rings. The number of carbonyl (C=O) groups excluding carboxylic acids is 1. The molecule has 3 heteroatoms. The molecule has 0 N–H and O–H groups in total. The quantitative estimate of drug-likeness (QED) is 0.575. The minimum atomic E-state index is -0.975. The third kappa shape index (κ3) is 1.90. The molecule has 0 radical (unpaired) electrons. The van der Waals surface area contributed by atoms with Crippen molar-refractivity contribution in [3.05, 3.63) is 0 Å². The van der Waals surface area contributed by atoms with E-state index in [0.717, 1.165) is 0 Å². The molecule has 1 atom stereocenters. The largest absolute Gasteiger partial charge is 0.549 e. The minimum absolute atomic E-state index is 0.608. The highest BCUT2D eigenvalue weighted by Gasteiger charge is 2.21. The number of carboxylic acids is 1. The monoisotopic (exact) mass is 147 g/mol. The van der Waals surface area contributed by atoms with Gasteiger partial charge in [-0.1, -0.05) is 6.92 Å². The molecule has 9 heavy (non-hydrogen) atoms. The first kappa shape index (κ1) is 8.82. The fourth-order valence-corrected chi connectivity index (χ4v) is 0.827. The van der Waals surface area contributed by atoms with Crippen LogP contribution in [-0.4, -0.2) is 17.0 Å². The standard InChI is InChI=1S/C6H12O2S/c1-4-6(2,9-3)5(7)8/h4H2,1-3H3,(H,7,8)/p-1/t6-/m0/s1. The van der Waals surface area contributed by atoms with Crippen molar-refractivity contribution in [1.82, 2.24) is 0 Å². The molecule has 0 heterocycles. The molecule has 0 saturated carbocycles. The molecule has 54 valence electrons. The molecule has 2 nitrogen and oxygen atoms in total. The van der Waals surface area contributed by atoms with Crippen molar-refractivity contribution >= 4 is 17.7 Å². The molecule has 0 rings (SSSR count). The van der Waals surface area contributed by atoms with Crippen LogP contribution in [0.1, 0.15) is 20.3 Å². The Morgan fingerprint density at radius 1 is 1.78 bits per heavy atom. The molecule has 0 saturated heterocycles. The molecule has 0 amide bonds. The van der Waals surface area contributed by atoms with E-state index >= 15 is 0 Å². The van der Waals surface area contributed by atoms with Crippen molar-refractivity contribution in [3.8, 4) is 0 Å². The van der Waals surface area contributed by atoms with Gasteiger partial charge in [-0.25, -0.2) is 0 Å². The van der Waals surface area contributed by atoms with Gasteiger partial charge in [0.2, 0.25) is 0 Å². The van der Waals surface area contributed by atoms with Gasteiger partial charge in [0.05, 0.1) is 10.7 Å². The van der Waals surface area contributed by atoms with Crippen LogP contribution in [0.4, 0.5) is 0 Å². The fourth-order valence-electron chi connectivity index (χ4n) is 0.372. The highest BCUT2D eigenvalue weighted by molar-refractivity contribution is 8.00. The summed E-state index contributed by atoms with van der Waals surface area (Å²) < 4.78 is -0.694. The van der Waals surface area contributed by atoms with E-state index < -0.39 is 10.7 Å². The summed E-state index contributed by atoms with van der Waals surface area (Å²) in [7, 11) is 0. The number of rotatable bonds is 3. The summed E-state index contributed by atoms with van der Waals surface area (Å²) in [6.07, 6.45) is 2.38. The predicted octanol–water partition coefficient (Wildman–Crippen LogP) is 0.268. The second-order valence-electron chi connectivity index (χ2n) is 2.08. The smallest absolute Gasteiger partial charge is 0.0572 e. The van der Waals surface area contributed by atoms with Crippen molar-refractivity contribution in [1.29, 1.82) is 0 Å². The third-order valence-electron chi connectivity index (χ3n) is 1.56.